The zero-order chi connectivity index (χ0) is 13.8. The molecular weight excluding hydrogens is 244 g/mol. The molecule has 0 saturated heterocycles. The average Bonchev–Trinajstić information content (AvgIpc) is 2.53. The van der Waals surface area contributed by atoms with Crippen molar-refractivity contribution in [2.75, 3.05) is 0 Å². The quantitative estimate of drug-likeness (QED) is 0.565. The highest BCUT2D eigenvalue weighted by atomic mass is 14.8. The number of aliphatic imine (C=N–C) groups is 1. The Bertz CT molecular complexity index is 745. The maximum atomic E-state index is 6.01. The molecule has 3 aromatic rings. The van der Waals surface area contributed by atoms with Crippen LogP contribution in [-0.2, 0) is 6.54 Å². The summed E-state index contributed by atoms with van der Waals surface area (Å²) in [7, 11) is 0. The van der Waals surface area contributed by atoms with Crippen LogP contribution in [0.25, 0.3) is 10.8 Å². The van der Waals surface area contributed by atoms with Gasteiger partial charge in [0.05, 0.1) is 6.54 Å². The van der Waals surface area contributed by atoms with E-state index in [0.717, 1.165) is 5.56 Å². The van der Waals surface area contributed by atoms with Gasteiger partial charge in [-0.2, -0.15) is 0 Å². The van der Waals surface area contributed by atoms with Crippen LogP contribution in [0.2, 0.25) is 0 Å². The van der Waals surface area contributed by atoms with E-state index in [4.69, 9.17) is 5.73 Å². The Kier molecular flexibility index (Phi) is 3.46. The molecule has 0 aliphatic carbocycles. The predicted molar refractivity (Wildman–Crippen MR) is 84.8 cm³/mol. The molecular formula is C18H16N2. The Balaban J connectivity index is 1.83. The van der Waals surface area contributed by atoms with Crippen molar-refractivity contribution in [3.05, 3.63) is 83.9 Å². The largest absolute Gasteiger partial charge is 0.383 e. The first-order chi connectivity index (χ1) is 9.83. The molecule has 0 bridgehead atoms. The highest BCUT2D eigenvalue weighted by molar-refractivity contribution is 5.97. The second-order valence-corrected chi connectivity index (χ2v) is 4.75. The second kappa shape index (κ2) is 5.57. The molecule has 2 heteroatoms. The van der Waals surface area contributed by atoms with Crippen LogP contribution in [0.3, 0.4) is 0 Å². The third-order valence-electron chi connectivity index (χ3n) is 3.32. The predicted octanol–water partition coefficient (Wildman–Crippen LogP) is 3.75. The van der Waals surface area contributed by atoms with Gasteiger partial charge in [0, 0.05) is 5.56 Å². The lowest BCUT2D eigenvalue weighted by Gasteiger charge is -2.03. The molecule has 20 heavy (non-hydrogen) atoms. The van der Waals surface area contributed by atoms with Crippen LogP contribution >= 0.6 is 0 Å². The summed E-state index contributed by atoms with van der Waals surface area (Å²) >= 11 is 0. The molecule has 98 valence electrons. The number of nitrogens with zero attached hydrogens (tertiary/aromatic N) is 1. The lowest BCUT2D eigenvalue weighted by Crippen LogP contribution is -2.13. The van der Waals surface area contributed by atoms with Crippen molar-refractivity contribution in [2.24, 2.45) is 10.7 Å². The van der Waals surface area contributed by atoms with Crippen molar-refractivity contribution in [1.29, 1.82) is 0 Å². The minimum Gasteiger partial charge on any atom is -0.383 e. The van der Waals surface area contributed by atoms with E-state index in [1.54, 1.807) is 0 Å². The molecule has 0 atom stereocenters. The summed E-state index contributed by atoms with van der Waals surface area (Å²) in [6, 6.07) is 24.6. The Morgan fingerprint density at radius 2 is 1.50 bits per heavy atom. The normalized spacial score (nSPS) is 11.7. The summed E-state index contributed by atoms with van der Waals surface area (Å²) in [6.07, 6.45) is 0. The van der Waals surface area contributed by atoms with Gasteiger partial charge in [0.2, 0.25) is 0 Å². The highest BCUT2D eigenvalue weighted by Gasteiger charge is 1.98. The molecule has 0 fully saturated rings. The summed E-state index contributed by atoms with van der Waals surface area (Å²) in [4.78, 5) is 4.47. The maximum absolute atomic E-state index is 6.01. The van der Waals surface area contributed by atoms with Gasteiger partial charge in [-0.05, 0) is 22.4 Å². The summed E-state index contributed by atoms with van der Waals surface area (Å²) in [5.41, 5.74) is 8.14. The number of rotatable bonds is 3. The van der Waals surface area contributed by atoms with Crippen LogP contribution in [0.15, 0.2) is 77.8 Å². The van der Waals surface area contributed by atoms with Gasteiger partial charge in [-0.15, -0.1) is 0 Å². The lowest BCUT2D eigenvalue weighted by atomic mass is 10.1. The molecule has 3 aromatic carbocycles. The van der Waals surface area contributed by atoms with E-state index in [-0.39, 0.29) is 0 Å². The summed E-state index contributed by atoms with van der Waals surface area (Å²) in [5, 5.41) is 2.48. The van der Waals surface area contributed by atoms with Crippen LogP contribution in [-0.4, -0.2) is 5.84 Å². The van der Waals surface area contributed by atoms with Gasteiger partial charge >= 0.3 is 0 Å². The number of benzene rings is 3. The van der Waals surface area contributed by atoms with E-state index >= 15 is 0 Å². The topological polar surface area (TPSA) is 38.4 Å². The third kappa shape index (κ3) is 2.69. The summed E-state index contributed by atoms with van der Waals surface area (Å²) in [6.45, 7) is 0.603. The lowest BCUT2D eigenvalue weighted by molar-refractivity contribution is 1.07. The van der Waals surface area contributed by atoms with Gasteiger partial charge < -0.3 is 5.73 Å². The van der Waals surface area contributed by atoms with Gasteiger partial charge in [0.1, 0.15) is 5.84 Å². The number of fused-ring (bicyclic) bond motifs is 1. The monoisotopic (exact) mass is 260 g/mol. The number of amidine groups is 1. The van der Waals surface area contributed by atoms with Crippen LogP contribution in [0.5, 0.6) is 0 Å². The van der Waals surface area contributed by atoms with Crippen LogP contribution < -0.4 is 5.73 Å². The van der Waals surface area contributed by atoms with Crippen LogP contribution in [0, 0.1) is 0 Å². The molecule has 0 aliphatic rings. The molecule has 0 aromatic heterocycles. The van der Waals surface area contributed by atoms with Crippen molar-refractivity contribution >= 4 is 16.6 Å². The van der Waals surface area contributed by atoms with Gasteiger partial charge in [-0.3, -0.25) is 4.99 Å². The van der Waals surface area contributed by atoms with Crippen molar-refractivity contribution in [3.8, 4) is 0 Å². The molecule has 0 heterocycles. The number of hydrogen-bond donors (Lipinski definition) is 1. The van der Waals surface area contributed by atoms with E-state index in [1.165, 1.54) is 16.3 Å². The smallest absolute Gasteiger partial charge is 0.125 e. The zero-order valence-electron chi connectivity index (χ0n) is 11.2. The van der Waals surface area contributed by atoms with Gasteiger partial charge in [0.25, 0.3) is 0 Å². The van der Waals surface area contributed by atoms with E-state index in [2.05, 4.69) is 35.3 Å². The fourth-order valence-corrected chi connectivity index (χ4v) is 2.21. The molecule has 0 spiro atoms. The standard InChI is InChI=1S/C18H16N2/c19-18(16-7-2-1-3-8-16)20-13-14-10-11-15-6-4-5-9-17(15)12-14/h1-12H,13H2,(H2,19,20). The summed E-state index contributed by atoms with van der Waals surface area (Å²) < 4.78 is 0. The molecule has 0 radical (unpaired) electrons. The zero-order valence-corrected chi connectivity index (χ0v) is 11.2. The van der Waals surface area contributed by atoms with Crippen molar-refractivity contribution in [2.45, 2.75) is 6.54 Å². The van der Waals surface area contributed by atoms with E-state index in [1.807, 2.05) is 42.5 Å². The van der Waals surface area contributed by atoms with E-state index in [9.17, 15) is 0 Å². The molecule has 0 saturated carbocycles. The van der Waals surface area contributed by atoms with Gasteiger partial charge in [-0.25, -0.2) is 0 Å². The molecule has 2 nitrogen and oxygen atoms in total. The molecule has 0 amide bonds. The average molecular weight is 260 g/mol. The second-order valence-electron chi connectivity index (χ2n) is 4.75. The Hall–Kier alpha value is -2.61. The molecule has 0 aliphatic heterocycles. The van der Waals surface area contributed by atoms with Gasteiger partial charge in [-0.1, -0.05) is 66.7 Å². The number of nitrogens with two attached hydrogens (primary N) is 1. The highest BCUT2D eigenvalue weighted by Crippen LogP contribution is 2.16. The number of hydrogen-bond acceptors (Lipinski definition) is 1. The Morgan fingerprint density at radius 1 is 0.800 bits per heavy atom. The minimum absolute atomic E-state index is 0.582. The van der Waals surface area contributed by atoms with E-state index < -0.39 is 0 Å². The maximum Gasteiger partial charge on any atom is 0.125 e. The third-order valence-corrected chi connectivity index (χ3v) is 3.32. The van der Waals surface area contributed by atoms with Crippen molar-refractivity contribution in [1.82, 2.24) is 0 Å². The minimum atomic E-state index is 0.582. The molecule has 3 rings (SSSR count). The first-order valence-electron chi connectivity index (χ1n) is 6.66. The Labute approximate surface area is 118 Å². The van der Waals surface area contributed by atoms with Gasteiger partial charge in [0.15, 0.2) is 0 Å². The molecule has 2 N–H and O–H groups in total. The van der Waals surface area contributed by atoms with E-state index in [0.29, 0.717) is 12.4 Å². The van der Waals surface area contributed by atoms with Crippen molar-refractivity contribution < 1.29 is 0 Å². The first-order valence-corrected chi connectivity index (χ1v) is 6.66. The first kappa shape index (κ1) is 12.4. The van der Waals surface area contributed by atoms with Crippen LogP contribution in [0.1, 0.15) is 11.1 Å². The van der Waals surface area contributed by atoms with Crippen molar-refractivity contribution in [3.63, 3.8) is 0 Å². The van der Waals surface area contributed by atoms with Crippen LogP contribution in [0.4, 0.5) is 0 Å². The fourth-order valence-electron chi connectivity index (χ4n) is 2.21. The fraction of sp³-hybridized carbons (Fsp3) is 0.0556. The SMILES string of the molecule is NC(=NCc1ccc2ccccc2c1)c1ccccc1. The Morgan fingerprint density at radius 3 is 2.30 bits per heavy atom. The summed E-state index contributed by atoms with van der Waals surface area (Å²) in [5.74, 6) is 0.582. The molecule has 0 unspecified atom stereocenters.